The second kappa shape index (κ2) is 4.35. The van der Waals surface area contributed by atoms with E-state index < -0.39 is 17.0 Å². The second-order valence-electron chi connectivity index (χ2n) is 0.525. The second-order valence-corrected chi connectivity index (χ2v) is 2.02. The zero-order chi connectivity index (χ0) is 5.70. The summed E-state index contributed by atoms with van der Waals surface area (Å²) in [6, 6.07) is -0.844. The van der Waals surface area contributed by atoms with Crippen molar-refractivity contribution in [2.24, 2.45) is 0 Å². The van der Waals surface area contributed by atoms with Gasteiger partial charge >= 0.3 is 0 Å². The summed E-state index contributed by atoms with van der Waals surface area (Å²) in [6.45, 7) is 0. The summed E-state index contributed by atoms with van der Waals surface area (Å²) in [4.78, 5) is 0. The molecule has 0 aromatic heterocycles. The van der Waals surface area contributed by atoms with E-state index in [1.807, 2.05) is 0 Å². The molecule has 6 heteroatoms. The fourth-order valence-corrected chi connectivity index (χ4v) is 0.567. The molecular formula is CH3FO3S2. The summed E-state index contributed by atoms with van der Waals surface area (Å²) >= 11 is 0.253. The Morgan fingerprint density at radius 1 is 1.71 bits per heavy atom. The minimum Gasteiger partial charge on any atom is -0.237 e. The highest BCUT2D eigenvalue weighted by Crippen LogP contribution is 1.99. The molecule has 0 aliphatic carbocycles. The largest absolute Gasteiger partial charge is 0.268 e. The molecule has 44 valence electrons. The van der Waals surface area contributed by atoms with E-state index in [4.69, 9.17) is 0 Å². The molecule has 0 fully saturated rings. The lowest BCUT2D eigenvalue weighted by Crippen LogP contribution is -1.74. The van der Waals surface area contributed by atoms with E-state index in [0.717, 1.165) is 0 Å². The van der Waals surface area contributed by atoms with Crippen molar-refractivity contribution in [2.45, 2.75) is 0 Å². The van der Waals surface area contributed by atoms with Crippen molar-refractivity contribution in [3.63, 3.8) is 0 Å². The maximum absolute atomic E-state index is 10.9. The number of alkyl halides is 1. The van der Waals surface area contributed by atoms with Crippen molar-refractivity contribution in [1.29, 1.82) is 0 Å². The predicted molar refractivity (Wildman–Crippen MR) is 25.0 cm³/mol. The number of thiol groups is 1. The highest BCUT2D eigenvalue weighted by Gasteiger charge is 1.83. The summed E-state index contributed by atoms with van der Waals surface area (Å²) < 4.78 is 33.4. The molecule has 0 aliphatic rings. The van der Waals surface area contributed by atoms with E-state index in [2.05, 4.69) is 3.63 Å². The molecule has 0 heterocycles. The molecule has 0 bridgehead atoms. The summed E-state index contributed by atoms with van der Waals surface area (Å²) in [5.74, 6) is 0. The van der Waals surface area contributed by atoms with Crippen molar-refractivity contribution in [1.82, 2.24) is 0 Å². The van der Waals surface area contributed by atoms with Gasteiger partial charge in [-0.25, -0.2) is 12.8 Å². The van der Waals surface area contributed by atoms with Gasteiger partial charge in [-0.3, -0.25) is 0 Å². The van der Waals surface area contributed by atoms with Gasteiger partial charge in [-0.2, -0.15) is 3.63 Å². The van der Waals surface area contributed by atoms with Gasteiger partial charge in [0.25, 0.3) is 11.0 Å². The lowest BCUT2D eigenvalue weighted by molar-refractivity contribution is 0.531. The first-order valence-corrected chi connectivity index (χ1v) is 3.28. The molecule has 7 heavy (non-hydrogen) atoms. The van der Waals surface area contributed by atoms with E-state index in [1.165, 1.54) is 0 Å². The first kappa shape index (κ1) is 7.19. The van der Waals surface area contributed by atoms with Crippen molar-refractivity contribution in [2.75, 3.05) is 6.01 Å². The van der Waals surface area contributed by atoms with E-state index in [-0.39, 0.29) is 12.0 Å². The molecule has 0 N–H and O–H groups in total. The third-order valence-corrected chi connectivity index (χ3v) is 1.16. The minimum atomic E-state index is -2.88. The normalized spacial score (nSPS) is 10.0. The van der Waals surface area contributed by atoms with Crippen LogP contribution in [-0.2, 0) is 14.6 Å². The van der Waals surface area contributed by atoms with Crippen LogP contribution in [0.1, 0.15) is 0 Å². The molecule has 0 amide bonds. The molecule has 0 saturated carbocycles. The molecule has 0 spiro atoms. The fraction of sp³-hybridized carbons (Fsp3) is 1.00. The van der Waals surface area contributed by atoms with Crippen molar-refractivity contribution in [3.8, 4) is 0 Å². The number of halogens is 1. The molecule has 0 aliphatic heterocycles. The first-order valence-electron chi connectivity index (χ1n) is 1.27. The van der Waals surface area contributed by atoms with Gasteiger partial charge < -0.3 is 0 Å². The lowest BCUT2D eigenvalue weighted by Gasteiger charge is -1.80. The molecule has 3 nitrogen and oxygen atoms in total. The fourth-order valence-electron chi connectivity index (χ4n) is 0.0630. The van der Waals surface area contributed by atoms with Crippen LogP contribution in [0.3, 0.4) is 0 Å². The Morgan fingerprint density at radius 3 is 2.43 bits per heavy atom. The van der Waals surface area contributed by atoms with Crippen LogP contribution < -0.4 is 0 Å². The van der Waals surface area contributed by atoms with E-state index in [0.29, 0.717) is 0 Å². The molecule has 0 saturated heterocycles. The molecule has 0 atom stereocenters. The minimum absolute atomic E-state index is 0.253. The Labute approximate surface area is 46.2 Å². The standard InChI is InChI=1S/CH3FO3S2/c2-1-6-5-7(3)4/h7H,1H2. The van der Waals surface area contributed by atoms with Gasteiger partial charge in [0.1, 0.15) is 0 Å². The van der Waals surface area contributed by atoms with E-state index in [9.17, 15) is 12.8 Å². The van der Waals surface area contributed by atoms with Gasteiger partial charge in [0, 0.05) is 12.0 Å². The summed E-state index contributed by atoms with van der Waals surface area (Å²) in [5.41, 5.74) is 0. The van der Waals surface area contributed by atoms with Crippen molar-refractivity contribution >= 4 is 23.0 Å². The van der Waals surface area contributed by atoms with E-state index in [1.54, 1.807) is 0 Å². The molecule has 0 unspecified atom stereocenters. The summed E-state index contributed by atoms with van der Waals surface area (Å²) in [6.07, 6.45) is 0. The highest BCUT2D eigenvalue weighted by molar-refractivity contribution is 7.99. The Morgan fingerprint density at radius 2 is 2.29 bits per heavy atom. The number of hydrogen-bond donors (Lipinski definition) is 1. The smallest absolute Gasteiger partial charge is 0.237 e. The zero-order valence-electron chi connectivity index (χ0n) is 3.17. The predicted octanol–water partition coefficient (Wildman–Crippen LogP) is 0.105. The Bertz CT molecular complexity index is 91.1. The molecule has 0 aromatic rings. The third kappa shape index (κ3) is 6.19. The van der Waals surface area contributed by atoms with Crippen LogP contribution >= 0.6 is 12.0 Å². The average molecular weight is 146 g/mol. The Hall–Kier alpha value is 0.190. The van der Waals surface area contributed by atoms with Crippen LogP contribution in [0.25, 0.3) is 0 Å². The average Bonchev–Trinajstić information content (AvgIpc) is 1.61. The highest BCUT2D eigenvalue weighted by atomic mass is 32.2. The Balaban J connectivity index is 2.98. The lowest BCUT2D eigenvalue weighted by atomic mass is 11.8. The van der Waals surface area contributed by atoms with Crippen LogP contribution in [0, 0.1) is 0 Å². The third-order valence-electron chi connectivity index (χ3n) is 0.158. The van der Waals surface area contributed by atoms with Gasteiger partial charge in [-0.15, -0.1) is 0 Å². The van der Waals surface area contributed by atoms with Crippen LogP contribution in [-0.4, -0.2) is 14.4 Å². The molecule has 0 aromatic carbocycles. The van der Waals surface area contributed by atoms with Crippen molar-refractivity contribution in [3.05, 3.63) is 0 Å². The summed E-state index contributed by atoms with van der Waals surface area (Å²) in [5, 5.41) is 0. The molecule has 0 rings (SSSR count). The Kier molecular flexibility index (Phi) is 4.47. The quantitative estimate of drug-likeness (QED) is 0.453. The van der Waals surface area contributed by atoms with Crippen LogP contribution in [0.15, 0.2) is 0 Å². The SMILES string of the molecule is O=[SH](=O)OSCF. The monoisotopic (exact) mass is 146 g/mol. The maximum Gasteiger partial charge on any atom is 0.268 e. The van der Waals surface area contributed by atoms with Crippen LogP contribution in [0.4, 0.5) is 4.39 Å². The topological polar surface area (TPSA) is 43.4 Å². The maximum atomic E-state index is 10.9. The number of hydrogen-bond acceptors (Lipinski definition) is 4. The zero-order valence-corrected chi connectivity index (χ0v) is 4.88. The van der Waals surface area contributed by atoms with Gasteiger partial charge in [0.2, 0.25) is 0 Å². The number of rotatable bonds is 3. The van der Waals surface area contributed by atoms with Crippen molar-refractivity contribution < 1.29 is 16.4 Å². The van der Waals surface area contributed by atoms with Gasteiger partial charge in [-0.05, 0) is 0 Å². The molecular weight excluding hydrogens is 143 g/mol. The summed E-state index contributed by atoms with van der Waals surface area (Å²) in [7, 11) is -2.88. The van der Waals surface area contributed by atoms with Crippen LogP contribution in [0.5, 0.6) is 0 Å². The van der Waals surface area contributed by atoms with Gasteiger partial charge in [-0.1, -0.05) is 0 Å². The van der Waals surface area contributed by atoms with Gasteiger partial charge in [0.15, 0.2) is 6.01 Å². The van der Waals surface area contributed by atoms with E-state index >= 15 is 0 Å². The van der Waals surface area contributed by atoms with Crippen LogP contribution in [0.2, 0.25) is 0 Å². The molecule has 0 radical (unpaired) electrons. The van der Waals surface area contributed by atoms with Gasteiger partial charge in [0.05, 0.1) is 0 Å². The first-order chi connectivity index (χ1) is 3.27.